The van der Waals surface area contributed by atoms with Crippen molar-refractivity contribution in [1.29, 1.82) is 0 Å². The number of alkyl halides is 3. The number of methoxy groups -OCH3 is 2. The predicted molar refractivity (Wildman–Crippen MR) is 100 cm³/mol. The maximum atomic E-state index is 12.9. The van der Waals surface area contributed by atoms with E-state index in [0.717, 1.165) is 23.3 Å². The molecule has 1 atom stereocenters. The highest BCUT2D eigenvalue weighted by atomic mass is 19.4. The molecule has 1 aliphatic rings. The van der Waals surface area contributed by atoms with Gasteiger partial charge in [-0.3, -0.25) is 4.79 Å². The molecule has 0 aliphatic carbocycles. The average Bonchev–Trinajstić information content (AvgIpc) is 2.70. The van der Waals surface area contributed by atoms with Gasteiger partial charge < -0.3 is 19.1 Å². The molecule has 0 aromatic heterocycles. The Kier molecular flexibility index (Phi) is 5.91. The van der Waals surface area contributed by atoms with E-state index in [0.29, 0.717) is 24.5 Å². The number of fused-ring (bicyclic) bond motifs is 1. The van der Waals surface area contributed by atoms with Crippen LogP contribution in [-0.4, -0.2) is 38.2 Å². The summed E-state index contributed by atoms with van der Waals surface area (Å²) < 4.78 is 55.2. The van der Waals surface area contributed by atoms with E-state index in [4.69, 9.17) is 14.2 Å². The van der Waals surface area contributed by atoms with Gasteiger partial charge in [0.1, 0.15) is 12.4 Å². The second-order valence-electron chi connectivity index (χ2n) is 6.72. The molecule has 2 aromatic carbocycles. The molecule has 0 spiro atoms. The molecular formula is C21H22F3NO4. The molecule has 5 nitrogen and oxygen atoms in total. The number of carbonyl (C=O) groups is 1. The van der Waals surface area contributed by atoms with E-state index in [2.05, 4.69) is 0 Å². The van der Waals surface area contributed by atoms with Crippen molar-refractivity contribution >= 4 is 5.91 Å². The summed E-state index contributed by atoms with van der Waals surface area (Å²) in [7, 11) is 3.06. The van der Waals surface area contributed by atoms with Crippen LogP contribution in [0.15, 0.2) is 36.4 Å². The molecule has 0 saturated carbocycles. The summed E-state index contributed by atoms with van der Waals surface area (Å²) in [5, 5.41) is 0. The van der Waals surface area contributed by atoms with Gasteiger partial charge in [-0.2, -0.15) is 13.2 Å². The molecule has 2 aromatic rings. The summed E-state index contributed by atoms with van der Waals surface area (Å²) in [6.07, 6.45) is -3.82. The molecule has 1 heterocycles. The second kappa shape index (κ2) is 8.23. The lowest BCUT2D eigenvalue weighted by Crippen LogP contribution is -2.41. The van der Waals surface area contributed by atoms with Crippen molar-refractivity contribution in [2.45, 2.75) is 25.6 Å². The zero-order valence-electron chi connectivity index (χ0n) is 16.4. The smallest absolute Gasteiger partial charge is 0.416 e. The highest BCUT2D eigenvalue weighted by Gasteiger charge is 2.33. The third-order valence-electron chi connectivity index (χ3n) is 4.98. The molecule has 3 rings (SSSR count). The lowest BCUT2D eigenvalue weighted by atomic mass is 9.92. The van der Waals surface area contributed by atoms with Gasteiger partial charge in [0.15, 0.2) is 11.5 Å². The van der Waals surface area contributed by atoms with Gasteiger partial charge in [0.2, 0.25) is 5.91 Å². The number of carbonyl (C=O) groups excluding carboxylic acids is 1. The Hall–Kier alpha value is -2.90. The van der Waals surface area contributed by atoms with E-state index in [1.54, 1.807) is 18.1 Å². The van der Waals surface area contributed by atoms with Gasteiger partial charge in [-0.25, -0.2) is 0 Å². The first-order chi connectivity index (χ1) is 13.7. The van der Waals surface area contributed by atoms with Gasteiger partial charge in [0.25, 0.3) is 0 Å². The summed E-state index contributed by atoms with van der Waals surface area (Å²) in [5.41, 5.74) is 1.03. The maximum absolute atomic E-state index is 12.9. The van der Waals surface area contributed by atoms with Crippen molar-refractivity contribution in [3.63, 3.8) is 0 Å². The molecule has 0 bridgehead atoms. The van der Waals surface area contributed by atoms with Crippen molar-refractivity contribution in [2.75, 3.05) is 27.4 Å². The van der Waals surface area contributed by atoms with Crippen LogP contribution < -0.4 is 14.2 Å². The molecule has 0 unspecified atom stereocenters. The number of hydrogen-bond donors (Lipinski definition) is 0. The van der Waals surface area contributed by atoms with E-state index in [9.17, 15) is 18.0 Å². The largest absolute Gasteiger partial charge is 0.493 e. The van der Waals surface area contributed by atoms with Gasteiger partial charge in [-0.05, 0) is 47.9 Å². The molecule has 156 valence electrons. The van der Waals surface area contributed by atoms with Crippen LogP contribution >= 0.6 is 0 Å². The minimum atomic E-state index is -4.45. The van der Waals surface area contributed by atoms with E-state index < -0.39 is 17.8 Å². The van der Waals surface area contributed by atoms with Crippen molar-refractivity contribution < 1.29 is 32.2 Å². The van der Waals surface area contributed by atoms with Crippen molar-refractivity contribution in [2.24, 2.45) is 0 Å². The Bertz CT molecular complexity index is 898. The molecule has 29 heavy (non-hydrogen) atoms. The van der Waals surface area contributed by atoms with Crippen LogP contribution in [0.3, 0.4) is 0 Å². The lowest BCUT2D eigenvalue weighted by molar-refractivity contribution is -0.137. The van der Waals surface area contributed by atoms with Crippen LogP contribution in [-0.2, 0) is 17.4 Å². The Labute approximate surface area is 167 Å². The number of benzene rings is 2. The SMILES string of the molecule is COc1cc2c(cc1OC)[C@@H](COc1cccc(C(F)(F)F)c1)N(C(C)=O)CC2. The highest BCUT2D eigenvalue weighted by molar-refractivity contribution is 5.74. The lowest BCUT2D eigenvalue weighted by Gasteiger charge is -2.37. The van der Waals surface area contributed by atoms with Crippen LogP contribution in [0, 0.1) is 0 Å². The molecule has 1 amide bonds. The summed E-state index contributed by atoms with van der Waals surface area (Å²) in [4.78, 5) is 13.8. The molecule has 0 N–H and O–H groups in total. The number of nitrogens with zero attached hydrogens (tertiary/aromatic N) is 1. The summed E-state index contributed by atoms with van der Waals surface area (Å²) in [5.74, 6) is 1.06. The van der Waals surface area contributed by atoms with Crippen LogP contribution in [0.25, 0.3) is 0 Å². The number of rotatable bonds is 5. The van der Waals surface area contributed by atoms with Crippen LogP contribution in [0.1, 0.15) is 29.7 Å². The van der Waals surface area contributed by atoms with E-state index >= 15 is 0 Å². The monoisotopic (exact) mass is 409 g/mol. The number of amides is 1. The fourth-order valence-electron chi connectivity index (χ4n) is 3.52. The third-order valence-corrected chi connectivity index (χ3v) is 4.98. The minimum absolute atomic E-state index is 0.0172. The standard InChI is InChI=1S/C21H22F3NO4/c1-13(26)25-8-7-14-9-19(27-2)20(28-3)11-17(14)18(25)12-29-16-6-4-5-15(10-16)21(22,23)24/h4-6,9-11,18H,7-8,12H2,1-3H3/t18-/m1/s1. The summed E-state index contributed by atoms with van der Waals surface area (Å²) in [6, 6.07) is 7.91. The van der Waals surface area contributed by atoms with E-state index in [-0.39, 0.29) is 18.3 Å². The Balaban J connectivity index is 1.91. The number of hydrogen-bond acceptors (Lipinski definition) is 4. The number of ether oxygens (including phenoxy) is 3. The van der Waals surface area contributed by atoms with Gasteiger partial charge >= 0.3 is 6.18 Å². The third kappa shape index (κ3) is 4.41. The van der Waals surface area contributed by atoms with Gasteiger partial charge in [0, 0.05) is 13.5 Å². The molecule has 1 aliphatic heterocycles. The van der Waals surface area contributed by atoms with Crippen LogP contribution in [0.2, 0.25) is 0 Å². The number of halogens is 3. The Morgan fingerprint density at radius 3 is 2.45 bits per heavy atom. The zero-order valence-corrected chi connectivity index (χ0v) is 16.4. The molecule has 8 heteroatoms. The normalized spacial score (nSPS) is 16.2. The average molecular weight is 409 g/mol. The first-order valence-electron chi connectivity index (χ1n) is 9.06. The quantitative estimate of drug-likeness (QED) is 0.741. The first-order valence-corrected chi connectivity index (χ1v) is 9.06. The molecule has 0 radical (unpaired) electrons. The fourth-order valence-corrected chi connectivity index (χ4v) is 3.52. The molecular weight excluding hydrogens is 387 g/mol. The topological polar surface area (TPSA) is 48.0 Å². The second-order valence-corrected chi connectivity index (χ2v) is 6.72. The van der Waals surface area contributed by atoms with E-state index in [1.165, 1.54) is 26.2 Å². The Morgan fingerprint density at radius 2 is 1.83 bits per heavy atom. The van der Waals surface area contributed by atoms with Gasteiger partial charge in [0.05, 0.1) is 25.8 Å². The van der Waals surface area contributed by atoms with E-state index in [1.807, 2.05) is 6.07 Å². The van der Waals surface area contributed by atoms with Crippen molar-refractivity contribution in [3.8, 4) is 17.2 Å². The van der Waals surface area contributed by atoms with Crippen LogP contribution in [0.5, 0.6) is 17.2 Å². The predicted octanol–water partition coefficient (Wildman–Crippen LogP) is 4.25. The molecule has 0 saturated heterocycles. The Morgan fingerprint density at radius 1 is 1.14 bits per heavy atom. The fraction of sp³-hybridized carbons (Fsp3) is 0.381. The van der Waals surface area contributed by atoms with Crippen LogP contribution in [0.4, 0.5) is 13.2 Å². The highest BCUT2D eigenvalue weighted by Crippen LogP contribution is 2.39. The molecule has 0 fully saturated rings. The summed E-state index contributed by atoms with van der Waals surface area (Å²) >= 11 is 0. The zero-order chi connectivity index (χ0) is 21.2. The van der Waals surface area contributed by atoms with Crippen molar-refractivity contribution in [3.05, 3.63) is 53.1 Å². The maximum Gasteiger partial charge on any atom is 0.416 e. The van der Waals surface area contributed by atoms with Crippen molar-refractivity contribution in [1.82, 2.24) is 4.90 Å². The minimum Gasteiger partial charge on any atom is -0.493 e. The first kappa shape index (κ1) is 20.8. The summed E-state index contributed by atoms with van der Waals surface area (Å²) in [6.45, 7) is 1.96. The van der Waals surface area contributed by atoms with Gasteiger partial charge in [-0.1, -0.05) is 6.07 Å². The van der Waals surface area contributed by atoms with Gasteiger partial charge in [-0.15, -0.1) is 0 Å².